The fourth-order valence-electron chi connectivity index (χ4n) is 2.52. The third-order valence-electron chi connectivity index (χ3n) is 4.00. The molecule has 1 fully saturated rings. The lowest BCUT2D eigenvalue weighted by molar-refractivity contribution is -0.120. The molecule has 0 saturated carbocycles. The van der Waals surface area contributed by atoms with E-state index in [-0.39, 0.29) is 18.4 Å². The fourth-order valence-corrected chi connectivity index (χ4v) is 3.43. The highest BCUT2D eigenvalue weighted by Gasteiger charge is 2.30. The minimum Gasteiger partial charge on any atom is -0.326 e. The van der Waals surface area contributed by atoms with Crippen LogP contribution in [0.1, 0.15) is 24.0 Å². The zero-order valence-electron chi connectivity index (χ0n) is 12.7. The molecule has 2 rings (SSSR count). The quantitative estimate of drug-likeness (QED) is 0.927. The number of piperidine rings is 1. The number of carbonyl (C=O) groups is 1. The van der Waals surface area contributed by atoms with Crippen LogP contribution in [0.2, 0.25) is 0 Å². The Kier molecular flexibility index (Phi) is 4.68. The molecule has 1 atom stereocenters. The maximum atomic E-state index is 12.3. The molecule has 0 radical (unpaired) electrons. The van der Waals surface area contributed by atoms with Gasteiger partial charge in [-0.15, -0.1) is 0 Å². The van der Waals surface area contributed by atoms with Crippen LogP contribution in [0.3, 0.4) is 0 Å². The molecule has 1 aromatic rings. The molecule has 1 saturated heterocycles. The Bertz CT molecular complexity index is 640. The minimum atomic E-state index is -3.22. The second kappa shape index (κ2) is 6.15. The van der Waals surface area contributed by atoms with Gasteiger partial charge in [0.1, 0.15) is 0 Å². The van der Waals surface area contributed by atoms with E-state index in [2.05, 4.69) is 5.32 Å². The van der Waals surface area contributed by atoms with E-state index in [1.807, 2.05) is 32.0 Å². The molecule has 0 bridgehead atoms. The van der Waals surface area contributed by atoms with Crippen molar-refractivity contribution in [1.82, 2.24) is 4.31 Å². The van der Waals surface area contributed by atoms with Crippen LogP contribution in [0.5, 0.6) is 0 Å². The lowest BCUT2D eigenvalue weighted by atomic mass is 9.98. The van der Waals surface area contributed by atoms with Crippen LogP contribution in [0.4, 0.5) is 5.69 Å². The summed E-state index contributed by atoms with van der Waals surface area (Å²) < 4.78 is 24.6. The Labute approximate surface area is 126 Å². The maximum Gasteiger partial charge on any atom is 0.228 e. The van der Waals surface area contributed by atoms with Gasteiger partial charge in [-0.25, -0.2) is 12.7 Å². The summed E-state index contributed by atoms with van der Waals surface area (Å²) >= 11 is 0. The van der Waals surface area contributed by atoms with Gasteiger partial charge < -0.3 is 5.32 Å². The topological polar surface area (TPSA) is 66.5 Å². The number of anilines is 1. The van der Waals surface area contributed by atoms with Crippen molar-refractivity contribution < 1.29 is 13.2 Å². The van der Waals surface area contributed by atoms with Crippen LogP contribution in [-0.2, 0) is 14.8 Å². The number of amides is 1. The number of hydrogen-bond donors (Lipinski definition) is 1. The van der Waals surface area contributed by atoms with Crippen LogP contribution in [0, 0.1) is 19.8 Å². The van der Waals surface area contributed by atoms with E-state index in [4.69, 9.17) is 0 Å². The summed E-state index contributed by atoms with van der Waals surface area (Å²) in [5.41, 5.74) is 3.06. The molecule has 6 heteroatoms. The molecule has 0 aromatic heterocycles. The highest BCUT2D eigenvalue weighted by molar-refractivity contribution is 7.88. The first-order valence-corrected chi connectivity index (χ1v) is 8.95. The number of hydrogen-bond acceptors (Lipinski definition) is 3. The normalized spacial score (nSPS) is 20.2. The highest BCUT2D eigenvalue weighted by atomic mass is 32.2. The van der Waals surface area contributed by atoms with Gasteiger partial charge in [0, 0.05) is 18.8 Å². The standard InChI is InChI=1S/C15H22N2O3S/c1-11-6-7-14(9-12(11)2)16-15(18)13-5-4-8-17(10-13)21(3,19)20/h6-7,9,13H,4-5,8,10H2,1-3H3,(H,16,18). The molecular weight excluding hydrogens is 288 g/mol. The van der Waals surface area contributed by atoms with Gasteiger partial charge in [-0.2, -0.15) is 0 Å². The first-order chi connectivity index (χ1) is 9.77. The van der Waals surface area contributed by atoms with Crippen molar-refractivity contribution in [2.45, 2.75) is 26.7 Å². The molecule has 1 N–H and O–H groups in total. The monoisotopic (exact) mass is 310 g/mol. The fraction of sp³-hybridized carbons (Fsp3) is 0.533. The Balaban J connectivity index is 2.04. The summed E-state index contributed by atoms with van der Waals surface area (Å²) in [7, 11) is -3.22. The summed E-state index contributed by atoms with van der Waals surface area (Å²) in [5.74, 6) is -0.387. The number of nitrogens with zero attached hydrogens (tertiary/aromatic N) is 1. The summed E-state index contributed by atoms with van der Waals surface area (Å²) in [5, 5.41) is 2.89. The van der Waals surface area contributed by atoms with Gasteiger partial charge in [-0.3, -0.25) is 4.79 Å². The predicted molar refractivity (Wildman–Crippen MR) is 83.7 cm³/mol. The molecule has 116 valence electrons. The molecule has 1 aromatic carbocycles. The van der Waals surface area contributed by atoms with Crippen LogP contribution in [0.25, 0.3) is 0 Å². The van der Waals surface area contributed by atoms with Gasteiger partial charge in [0.05, 0.1) is 12.2 Å². The second-order valence-corrected chi connectivity index (χ2v) is 7.73. The van der Waals surface area contributed by atoms with Crippen molar-refractivity contribution in [2.75, 3.05) is 24.7 Å². The van der Waals surface area contributed by atoms with Crippen molar-refractivity contribution in [3.63, 3.8) is 0 Å². The lowest BCUT2D eigenvalue weighted by Crippen LogP contribution is -2.43. The molecule has 21 heavy (non-hydrogen) atoms. The Hall–Kier alpha value is -1.40. The number of sulfonamides is 1. The van der Waals surface area contributed by atoms with Gasteiger partial charge in [0.2, 0.25) is 15.9 Å². The van der Waals surface area contributed by atoms with Gasteiger partial charge in [-0.1, -0.05) is 6.07 Å². The smallest absolute Gasteiger partial charge is 0.228 e. The van der Waals surface area contributed by atoms with E-state index in [1.165, 1.54) is 16.1 Å². The number of aryl methyl sites for hydroxylation is 2. The van der Waals surface area contributed by atoms with E-state index < -0.39 is 10.0 Å². The Morgan fingerprint density at radius 3 is 2.62 bits per heavy atom. The largest absolute Gasteiger partial charge is 0.326 e. The van der Waals surface area contributed by atoms with E-state index >= 15 is 0 Å². The van der Waals surface area contributed by atoms with E-state index in [0.717, 1.165) is 24.1 Å². The van der Waals surface area contributed by atoms with Crippen LogP contribution < -0.4 is 5.32 Å². The number of benzene rings is 1. The zero-order valence-corrected chi connectivity index (χ0v) is 13.5. The van der Waals surface area contributed by atoms with Crippen molar-refractivity contribution >= 4 is 21.6 Å². The zero-order chi connectivity index (χ0) is 15.6. The van der Waals surface area contributed by atoms with Gasteiger partial charge >= 0.3 is 0 Å². The van der Waals surface area contributed by atoms with E-state index in [9.17, 15) is 13.2 Å². The highest BCUT2D eigenvalue weighted by Crippen LogP contribution is 2.21. The minimum absolute atomic E-state index is 0.105. The Morgan fingerprint density at radius 1 is 1.29 bits per heavy atom. The second-order valence-electron chi connectivity index (χ2n) is 5.75. The average Bonchev–Trinajstić information content (AvgIpc) is 2.42. The van der Waals surface area contributed by atoms with Crippen molar-refractivity contribution in [1.29, 1.82) is 0 Å². The predicted octanol–water partition coefficient (Wildman–Crippen LogP) is 1.91. The van der Waals surface area contributed by atoms with Gasteiger partial charge in [0.15, 0.2) is 0 Å². The SMILES string of the molecule is Cc1ccc(NC(=O)C2CCCN(S(C)(=O)=O)C2)cc1C. The first-order valence-electron chi connectivity index (χ1n) is 7.10. The molecule has 1 amide bonds. The molecule has 1 aliphatic rings. The summed E-state index contributed by atoms with van der Waals surface area (Å²) in [6.45, 7) is 4.80. The van der Waals surface area contributed by atoms with Gasteiger partial charge in [0.25, 0.3) is 0 Å². The first kappa shape index (κ1) is 16.0. The molecule has 0 spiro atoms. The van der Waals surface area contributed by atoms with Crippen LogP contribution in [-0.4, -0.2) is 38.0 Å². The summed E-state index contributed by atoms with van der Waals surface area (Å²) in [6, 6.07) is 5.77. The molecule has 0 aliphatic carbocycles. The van der Waals surface area contributed by atoms with Crippen molar-refractivity contribution in [3.8, 4) is 0 Å². The van der Waals surface area contributed by atoms with Crippen LogP contribution in [0.15, 0.2) is 18.2 Å². The number of nitrogens with one attached hydrogen (secondary N) is 1. The summed E-state index contributed by atoms with van der Waals surface area (Å²) in [6.07, 6.45) is 2.64. The Morgan fingerprint density at radius 2 is 2.00 bits per heavy atom. The molecule has 1 unspecified atom stereocenters. The third-order valence-corrected chi connectivity index (χ3v) is 5.27. The molecular formula is C15H22N2O3S. The molecule has 1 heterocycles. The van der Waals surface area contributed by atoms with Crippen LogP contribution >= 0.6 is 0 Å². The average molecular weight is 310 g/mol. The molecule has 1 aliphatic heterocycles. The maximum absolute atomic E-state index is 12.3. The van der Waals surface area contributed by atoms with Crippen molar-refractivity contribution in [2.24, 2.45) is 5.92 Å². The van der Waals surface area contributed by atoms with Gasteiger partial charge in [-0.05, 0) is 49.9 Å². The third kappa shape index (κ3) is 4.04. The number of carbonyl (C=O) groups excluding carboxylic acids is 1. The van der Waals surface area contributed by atoms with E-state index in [1.54, 1.807) is 0 Å². The van der Waals surface area contributed by atoms with E-state index in [0.29, 0.717) is 6.54 Å². The number of rotatable bonds is 3. The molecule has 5 nitrogen and oxygen atoms in total. The lowest BCUT2D eigenvalue weighted by Gasteiger charge is -2.30. The van der Waals surface area contributed by atoms with Crippen molar-refractivity contribution in [3.05, 3.63) is 29.3 Å². The summed E-state index contributed by atoms with van der Waals surface area (Å²) in [4.78, 5) is 12.3.